The molecule has 0 saturated carbocycles. The standard InChI is InChI=1S/C11H23N3O2/c1-14(2)11(15)13-7-6-12-9-10-5-3-4-8-16-10/h10,12H,3-9H2,1-2H3,(H,13,15). The van der Waals surface area contributed by atoms with Crippen molar-refractivity contribution in [2.75, 3.05) is 40.3 Å². The van der Waals surface area contributed by atoms with E-state index in [1.807, 2.05) is 0 Å². The molecule has 1 aliphatic rings. The molecule has 2 amide bonds. The van der Waals surface area contributed by atoms with E-state index in [4.69, 9.17) is 4.74 Å². The zero-order valence-electron chi connectivity index (χ0n) is 10.3. The lowest BCUT2D eigenvalue weighted by atomic mass is 10.1. The fourth-order valence-electron chi connectivity index (χ4n) is 1.65. The molecule has 0 aliphatic carbocycles. The zero-order chi connectivity index (χ0) is 11.8. The van der Waals surface area contributed by atoms with Crippen LogP contribution in [0.1, 0.15) is 19.3 Å². The van der Waals surface area contributed by atoms with Crippen molar-refractivity contribution in [2.24, 2.45) is 0 Å². The second kappa shape index (κ2) is 7.46. The van der Waals surface area contributed by atoms with Gasteiger partial charge in [-0.1, -0.05) is 0 Å². The average molecular weight is 229 g/mol. The number of nitrogens with one attached hydrogen (secondary N) is 2. The summed E-state index contributed by atoms with van der Waals surface area (Å²) in [4.78, 5) is 12.7. The molecular weight excluding hydrogens is 206 g/mol. The lowest BCUT2D eigenvalue weighted by molar-refractivity contribution is 0.0171. The third-order valence-corrected chi connectivity index (χ3v) is 2.63. The largest absolute Gasteiger partial charge is 0.377 e. The average Bonchev–Trinajstić information content (AvgIpc) is 2.29. The first kappa shape index (κ1) is 13.3. The molecule has 0 aromatic rings. The van der Waals surface area contributed by atoms with Crippen LogP contribution in [0.4, 0.5) is 4.79 Å². The Balaban J connectivity index is 1.93. The first-order valence-corrected chi connectivity index (χ1v) is 5.97. The van der Waals surface area contributed by atoms with Crippen LogP contribution in [-0.2, 0) is 4.74 Å². The summed E-state index contributed by atoms with van der Waals surface area (Å²) in [7, 11) is 3.47. The molecule has 94 valence electrons. The number of ether oxygens (including phenoxy) is 1. The minimum atomic E-state index is -0.0456. The Morgan fingerprint density at radius 1 is 1.38 bits per heavy atom. The van der Waals surface area contributed by atoms with Crippen LogP contribution in [0, 0.1) is 0 Å². The molecule has 1 rings (SSSR count). The summed E-state index contributed by atoms with van der Waals surface area (Å²) in [6.07, 6.45) is 3.97. The van der Waals surface area contributed by atoms with E-state index in [0.717, 1.165) is 26.1 Å². The van der Waals surface area contributed by atoms with E-state index in [1.165, 1.54) is 17.7 Å². The molecule has 2 N–H and O–H groups in total. The number of hydrogen-bond donors (Lipinski definition) is 2. The summed E-state index contributed by atoms with van der Waals surface area (Å²) >= 11 is 0. The summed E-state index contributed by atoms with van der Waals surface area (Å²) in [5, 5.41) is 6.09. The smallest absolute Gasteiger partial charge is 0.316 e. The molecule has 1 atom stereocenters. The fourth-order valence-corrected chi connectivity index (χ4v) is 1.65. The van der Waals surface area contributed by atoms with Gasteiger partial charge in [0.25, 0.3) is 0 Å². The normalized spacial score (nSPS) is 20.5. The highest BCUT2D eigenvalue weighted by Crippen LogP contribution is 2.11. The molecule has 1 aliphatic heterocycles. The van der Waals surface area contributed by atoms with Crippen molar-refractivity contribution in [3.63, 3.8) is 0 Å². The Morgan fingerprint density at radius 2 is 2.19 bits per heavy atom. The van der Waals surface area contributed by atoms with Crippen LogP contribution in [0.25, 0.3) is 0 Å². The molecule has 5 nitrogen and oxygen atoms in total. The Labute approximate surface area is 97.5 Å². The van der Waals surface area contributed by atoms with Crippen LogP contribution in [0.15, 0.2) is 0 Å². The number of carbonyl (C=O) groups excluding carboxylic acids is 1. The third kappa shape index (κ3) is 5.32. The van der Waals surface area contributed by atoms with Gasteiger partial charge in [-0.25, -0.2) is 4.79 Å². The van der Waals surface area contributed by atoms with Gasteiger partial charge in [0.05, 0.1) is 6.10 Å². The molecule has 0 aromatic heterocycles. The highest BCUT2D eigenvalue weighted by Gasteiger charge is 2.12. The topological polar surface area (TPSA) is 53.6 Å². The van der Waals surface area contributed by atoms with E-state index in [2.05, 4.69) is 10.6 Å². The lowest BCUT2D eigenvalue weighted by Gasteiger charge is -2.22. The Hall–Kier alpha value is -0.810. The van der Waals surface area contributed by atoms with Crippen molar-refractivity contribution in [3.8, 4) is 0 Å². The first-order chi connectivity index (χ1) is 7.70. The minimum absolute atomic E-state index is 0.0456. The number of rotatable bonds is 5. The van der Waals surface area contributed by atoms with Gasteiger partial charge < -0.3 is 20.3 Å². The molecule has 0 spiro atoms. The van der Waals surface area contributed by atoms with E-state index >= 15 is 0 Å². The van der Waals surface area contributed by atoms with E-state index in [9.17, 15) is 4.79 Å². The second-order valence-corrected chi connectivity index (χ2v) is 4.32. The first-order valence-electron chi connectivity index (χ1n) is 5.97. The van der Waals surface area contributed by atoms with Crippen molar-refractivity contribution in [3.05, 3.63) is 0 Å². The maximum atomic E-state index is 11.2. The van der Waals surface area contributed by atoms with Crippen LogP contribution in [0.3, 0.4) is 0 Å². The minimum Gasteiger partial charge on any atom is -0.377 e. The number of hydrogen-bond acceptors (Lipinski definition) is 3. The van der Waals surface area contributed by atoms with E-state index in [-0.39, 0.29) is 6.03 Å². The lowest BCUT2D eigenvalue weighted by Crippen LogP contribution is -2.40. The molecule has 16 heavy (non-hydrogen) atoms. The summed E-state index contributed by atoms with van der Waals surface area (Å²) in [5.41, 5.74) is 0. The molecule has 1 heterocycles. The Morgan fingerprint density at radius 3 is 2.81 bits per heavy atom. The van der Waals surface area contributed by atoms with Crippen molar-refractivity contribution < 1.29 is 9.53 Å². The molecule has 1 fully saturated rings. The van der Waals surface area contributed by atoms with Gasteiger partial charge in [0.15, 0.2) is 0 Å². The van der Waals surface area contributed by atoms with Crippen LogP contribution >= 0.6 is 0 Å². The summed E-state index contributed by atoms with van der Waals surface area (Å²) in [6, 6.07) is -0.0456. The highest BCUT2D eigenvalue weighted by atomic mass is 16.5. The highest BCUT2D eigenvalue weighted by molar-refractivity contribution is 5.73. The number of amides is 2. The van der Waals surface area contributed by atoms with Gasteiger partial charge >= 0.3 is 6.03 Å². The van der Waals surface area contributed by atoms with Gasteiger partial charge in [0.1, 0.15) is 0 Å². The SMILES string of the molecule is CN(C)C(=O)NCCNCC1CCCCO1. The molecule has 0 radical (unpaired) electrons. The molecule has 0 bridgehead atoms. The van der Waals surface area contributed by atoms with Gasteiger partial charge in [-0.15, -0.1) is 0 Å². The van der Waals surface area contributed by atoms with Gasteiger partial charge in [-0.2, -0.15) is 0 Å². The van der Waals surface area contributed by atoms with Crippen molar-refractivity contribution >= 4 is 6.03 Å². The van der Waals surface area contributed by atoms with Crippen molar-refractivity contribution in [1.82, 2.24) is 15.5 Å². The predicted molar refractivity (Wildman–Crippen MR) is 63.5 cm³/mol. The van der Waals surface area contributed by atoms with E-state index < -0.39 is 0 Å². The maximum Gasteiger partial charge on any atom is 0.316 e. The van der Waals surface area contributed by atoms with Crippen molar-refractivity contribution in [1.29, 1.82) is 0 Å². The maximum absolute atomic E-state index is 11.2. The summed E-state index contributed by atoms with van der Waals surface area (Å²) in [6.45, 7) is 3.23. The molecule has 5 heteroatoms. The molecule has 1 unspecified atom stereocenters. The van der Waals surface area contributed by atoms with Gasteiger partial charge in [-0.3, -0.25) is 0 Å². The zero-order valence-corrected chi connectivity index (χ0v) is 10.3. The van der Waals surface area contributed by atoms with Gasteiger partial charge in [-0.05, 0) is 19.3 Å². The predicted octanol–water partition coefficient (Wildman–Crippen LogP) is 0.416. The van der Waals surface area contributed by atoms with Crippen LogP contribution < -0.4 is 10.6 Å². The van der Waals surface area contributed by atoms with E-state index in [1.54, 1.807) is 14.1 Å². The third-order valence-electron chi connectivity index (χ3n) is 2.63. The molecule has 0 aromatic carbocycles. The quantitative estimate of drug-likeness (QED) is 0.672. The van der Waals surface area contributed by atoms with Gasteiger partial charge in [0.2, 0.25) is 0 Å². The molecular formula is C11H23N3O2. The monoisotopic (exact) mass is 229 g/mol. The fraction of sp³-hybridized carbons (Fsp3) is 0.909. The Kier molecular flexibility index (Phi) is 6.18. The van der Waals surface area contributed by atoms with E-state index in [0.29, 0.717) is 12.6 Å². The second-order valence-electron chi connectivity index (χ2n) is 4.32. The van der Waals surface area contributed by atoms with Crippen molar-refractivity contribution in [2.45, 2.75) is 25.4 Å². The number of nitrogens with zero attached hydrogens (tertiary/aromatic N) is 1. The molecule has 1 saturated heterocycles. The number of carbonyl (C=O) groups is 1. The summed E-state index contributed by atoms with van der Waals surface area (Å²) < 4.78 is 5.59. The van der Waals surface area contributed by atoms with Crippen LogP contribution in [-0.4, -0.2) is 57.4 Å². The number of urea groups is 1. The van der Waals surface area contributed by atoms with Crippen LogP contribution in [0.2, 0.25) is 0 Å². The Bertz CT molecular complexity index is 203. The van der Waals surface area contributed by atoms with Gasteiger partial charge in [0, 0.05) is 40.3 Å². The van der Waals surface area contributed by atoms with Crippen LogP contribution in [0.5, 0.6) is 0 Å². The summed E-state index contributed by atoms with van der Waals surface area (Å²) in [5.74, 6) is 0.